The smallest absolute Gasteiger partial charge is 0.251 e. The minimum atomic E-state index is -3.56. The number of anilines is 1. The zero-order chi connectivity index (χ0) is 17.9. The van der Waals surface area contributed by atoms with Gasteiger partial charge in [0.1, 0.15) is 0 Å². The number of carbonyl (C=O) groups excluding carboxylic acids is 1. The molecule has 0 atom stereocenters. The molecule has 0 unspecified atom stereocenters. The van der Waals surface area contributed by atoms with Gasteiger partial charge < -0.3 is 4.57 Å². The SMILES string of the molecule is Cn1c(=O)cc2c3c(c(NS(C)(=O)=O)ccc31)C(=O)c1ccccc1-2. The number of sulfonamides is 1. The molecular formula is C18H14N2O4S. The molecule has 7 heteroatoms. The first-order valence-corrected chi connectivity index (χ1v) is 9.46. The van der Waals surface area contributed by atoms with Gasteiger partial charge in [0.25, 0.3) is 5.56 Å². The van der Waals surface area contributed by atoms with Crippen molar-refractivity contribution in [3.05, 3.63) is 63.9 Å². The Morgan fingerprint density at radius 3 is 2.32 bits per heavy atom. The van der Waals surface area contributed by atoms with Crippen LogP contribution in [0.15, 0.2) is 47.3 Å². The van der Waals surface area contributed by atoms with Crippen molar-refractivity contribution in [2.24, 2.45) is 7.05 Å². The summed E-state index contributed by atoms with van der Waals surface area (Å²) in [5.74, 6) is -0.265. The number of hydrogen-bond donors (Lipinski definition) is 1. The molecule has 0 radical (unpaired) electrons. The normalized spacial score (nSPS) is 13.0. The summed E-state index contributed by atoms with van der Waals surface area (Å²) in [5.41, 5.74) is 2.65. The monoisotopic (exact) mass is 354 g/mol. The predicted molar refractivity (Wildman–Crippen MR) is 96.5 cm³/mol. The maximum atomic E-state index is 13.1. The second-order valence-corrected chi connectivity index (χ2v) is 7.83. The number of aryl methyl sites for hydroxylation is 1. The fourth-order valence-corrected chi connectivity index (χ4v) is 3.91. The zero-order valence-corrected chi connectivity index (χ0v) is 14.3. The number of carbonyl (C=O) groups is 1. The van der Waals surface area contributed by atoms with Gasteiger partial charge in [-0.2, -0.15) is 0 Å². The van der Waals surface area contributed by atoms with Crippen LogP contribution in [0.5, 0.6) is 0 Å². The van der Waals surface area contributed by atoms with Gasteiger partial charge in [0.05, 0.1) is 23.0 Å². The molecular weight excluding hydrogens is 340 g/mol. The number of nitrogens with one attached hydrogen (secondary N) is 1. The van der Waals surface area contributed by atoms with Gasteiger partial charge >= 0.3 is 0 Å². The summed E-state index contributed by atoms with van der Waals surface area (Å²) in [6.07, 6.45) is 1.03. The molecule has 126 valence electrons. The summed E-state index contributed by atoms with van der Waals surface area (Å²) in [6.45, 7) is 0. The zero-order valence-electron chi connectivity index (χ0n) is 13.5. The van der Waals surface area contributed by atoms with E-state index >= 15 is 0 Å². The van der Waals surface area contributed by atoms with Crippen LogP contribution in [0.3, 0.4) is 0 Å². The van der Waals surface area contributed by atoms with Crippen LogP contribution in [0, 0.1) is 0 Å². The van der Waals surface area contributed by atoms with Crippen LogP contribution in [0.1, 0.15) is 15.9 Å². The Bertz CT molecular complexity index is 1240. The second kappa shape index (κ2) is 5.03. The van der Waals surface area contributed by atoms with Crippen LogP contribution in [0.25, 0.3) is 22.0 Å². The first kappa shape index (κ1) is 15.6. The van der Waals surface area contributed by atoms with Gasteiger partial charge in [-0.25, -0.2) is 8.42 Å². The molecule has 4 rings (SSSR count). The van der Waals surface area contributed by atoms with Crippen molar-refractivity contribution in [1.82, 2.24) is 4.57 Å². The van der Waals surface area contributed by atoms with Crippen molar-refractivity contribution in [2.45, 2.75) is 0 Å². The third kappa shape index (κ3) is 2.27. The lowest BCUT2D eigenvalue weighted by Crippen LogP contribution is -2.22. The van der Waals surface area contributed by atoms with Crippen LogP contribution in [-0.4, -0.2) is 25.0 Å². The van der Waals surface area contributed by atoms with E-state index in [-0.39, 0.29) is 22.6 Å². The molecule has 6 nitrogen and oxygen atoms in total. The Hall–Kier alpha value is -2.93. The average molecular weight is 354 g/mol. The van der Waals surface area contributed by atoms with E-state index in [9.17, 15) is 18.0 Å². The molecule has 1 heterocycles. The molecule has 1 N–H and O–H groups in total. The van der Waals surface area contributed by atoms with E-state index < -0.39 is 10.0 Å². The van der Waals surface area contributed by atoms with E-state index in [0.29, 0.717) is 27.6 Å². The number of benzene rings is 2. The summed E-state index contributed by atoms with van der Waals surface area (Å²) in [6, 6.07) is 11.7. The van der Waals surface area contributed by atoms with Crippen LogP contribution in [0.2, 0.25) is 0 Å². The molecule has 0 saturated carbocycles. The van der Waals surface area contributed by atoms with Crippen molar-refractivity contribution in [2.75, 3.05) is 11.0 Å². The van der Waals surface area contributed by atoms with Gasteiger partial charge in [0, 0.05) is 24.1 Å². The number of fused-ring (bicyclic) bond motifs is 2. The summed E-state index contributed by atoms with van der Waals surface area (Å²) < 4.78 is 27.3. The largest absolute Gasteiger partial charge is 0.311 e. The van der Waals surface area contributed by atoms with Gasteiger partial charge in [-0.1, -0.05) is 24.3 Å². The summed E-state index contributed by atoms with van der Waals surface area (Å²) >= 11 is 0. The second-order valence-electron chi connectivity index (χ2n) is 6.09. The average Bonchev–Trinajstić information content (AvgIpc) is 2.55. The fourth-order valence-electron chi connectivity index (χ4n) is 3.34. The van der Waals surface area contributed by atoms with Gasteiger partial charge in [0.15, 0.2) is 5.78 Å². The van der Waals surface area contributed by atoms with Gasteiger partial charge in [0.2, 0.25) is 10.0 Å². The first-order valence-electron chi connectivity index (χ1n) is 7.56. The molecule has 1 aliphatic carbocycles. The standard InChI is InChI=1S/C18H14N2O4S/c1-20-14-8-7-13(19-25(2,23)24)17-16(14)12(9-15(20)21)10-5-3-4-6-11(10)18(17)22/h3-9,19H,1-2H3. The van der Waals surface area contributed by atoms with Gasteiger partial charge in [-0.3, -0.25) is 14.3 Å². The van der Waals surface area contributed by atoms with Crippen molar-refractivity contribution in [3.8, 4) is 11.1 Å². The number of pyridine rings is 1. The highest BCUT2D eigenvalue weighted by Gasteiger charge is 2.29. The van der Waals surface area contributed by atoms with E-state index in [1.54, 1.807) is 37.4 Å². The minimum absolute atomic E-state index is 0.193. The van der Waals surface area contributed by atoms with E-state index in [4.69, 9.17) is 0 Å². The molecule has 3 aromatic rings. The number of ketones is 1. The topological polar surface area (TPSA) is 85.2 Å². The summed E-state index contributed by atoms with van der Waals surface area (Å²) in [5, 5.41) is 0.583. The molecule has 0 spiro atoms. The molecule has 0 amide bonds. The Balaban J connectivity index is 2.23. The molecule has 1 aromatic heterocycles. The first-order chi connectivity index (χ1) is 11.8. The highest BCUT2D eigenvalue weighted by Crippen LogP contribution is 2.41. The van der Waals surface area contributed by atoms with E-state index in [1.165, 1.54) is 16.7 Å². The lowest BCUT2D eigenvalue weighted by molar-refractivity contribution is 0.104. The Labute approximate surface area is 143 Å². The quantitative estimate of drug-likeness (QED) is 0.597. The highest BCUT2D eigenvalue weighted by atomic mass is 32.2. The number of rotatable bonds is 2. The Kier molecular flexibility index (Phi) is 3.14. The number of aromatic nitrogens is 1. The minimum Gasteiger partial charge on any atom is -0.311 e. The highest BCUT2D eigenvalue weighted by molar-refractivity contribution is 7.92. The van der Waals surface area contributed by atoms with Crippen molar-refractivity contribution in [1.29, 1.82) is 0 Å². The van der Waals surface area contributed by atoms with Crippen molar-refractivity contribution >= 4 is 32.4 Å². The molecule has 0 aliphatic heterocycles. The molecule has 0 saturated heterocycles. The molecule has 25 heavy (non-hydrogen) atoms. The third-order valence-electron chi connectivity index (χ3n) is 4.40. The van der Waals surface area contributed by atoms with Crippen molar-refractivity contribution < 1.29 is 13.2 Å². The van der Waals surface area contributed by atoms with Crippen LogP contribution < -0.4 is 10.3 Å². The molecule has 0 bridgehead atoms. The molecule has 1 aliphatic rings. The summed E-state index contributed by atoms with van der Waals surface area (Å²) in [4.78, 5) is 25.4. The van der Waals surface area contributed by atoms with Gasteiger partial charge in [-0.15, -0.1) is 0 Å². The molecule has 0 fully saturated rings. The van der Waals surface area contributed by atoms with E-state index in [2.05, 4.69) is 4.72 Å². The lowest BCUT2D eigenvalue weighted by Gasteiger charge is -2.23. The Morgan fingerprint density at radius 1 is 0.960 bits per heavy atom. The molecule has 2 aromatic carbocycles. The number of hydrogen-bond acceptors (Lipinski definition) is 4. The predicted octanol–water partition coefficient (Wildman–Crippen LogP) is 2.12. The maximum Gasteiger partial charge on any atom is 0.251 e. The van der Waals surface area contributed by atoms with E-state index in [0.717, 1.165) is 6.26 Å². The van der Waals surface area contributed by atoms with Crippen LogP contribution >= 0.6 is 0 Å². The number of nitrogens with zero attached hydrogens (tertiary/aromatic N) is 1. The maximum absolute atomic E-state index is 13.1. The van der Waals surface area contributed by atoms with Crippen molar-refractivity contribution in [3.63, 3.8) is 0 Å². The van der Waals surface area contributed by atoms with Crippen LogP contribution in [-0.2, 0) is 17.1 Å². The van der Waals surface area contributed by atoms with Crippen LogP contribution in [0.4, 0.5) is 5.69 Å². The fraction of sp³-hybridized carbons (Fsp3) is 0.111. The summed E-state index contributed by atoms with van der Waals surface area (Å²) in [7, 11) is -1.93. The lowest BCUT2D eigenvalue weighted by atomic mass is 9.83. The van der Waals surface area contributed by atoms with Gasteiger partial charge in [-0.05, 0) is 23.3 Å². The third-order valence-corrected chi connectivity index (χ3v) is 4.99. The van der Waals surface area contributed by atoms with E-state index in [1.807, 2.05) is 0 Å². The Morgan fingerprint density at radius 2 is 1.64 bits per heavy atom.